The summed E-state index contributed by atoms with van der Waals surface area (Å²) in [5, 5.41) is 11.1. The SMILES string of the molecule is CCOc1cccc(/C(O)=C2\C(=O)C(=O)N(CCN(CC)CC)C2c2ccccc2)c1. The first-order valence-corrected chi connectivity index (χ1v) is 10.8. The molecule has 1 fully saturated rings. The van der Waals surface area contributed by atoms with E-state index in [2.05, 4.69) is 18.7 Å². The molecule has 1 aliphatic rings. The van der Waals surface area contributed by atoms with E-state index in [1.807, 2.05) is 37.3 Å². The number of likely N-dealkylation sites (N-methyl/N-ethyl adjacent to an activating group) is 1. The number of ether oxygens (including phenoxy) is 1. The van der Waals surface area contributed by atoms with E-state index in [4.69, 9.17) is 4.74 Å². The zero-order chi connectivity index (χ0) is 22.4. The summed E-state index contributed by atoms with van der Waals surface area (Å²) in [6.07, 6.45) is 0. The molecule has 1 aliphatic heterocycles. The van der Waals surface area contributed by atoms with Crippen LogP contribution in [-0.2, 0) is 9.59 Å². The topological polar surface area (TPSA) is 70.1 Å². The van der Waals surface area contributed by atoms with Crippen LogP contribution in [0.2, 0.25) is 0 Å². The van der Waals surface area contributed by atoms with Gasteiger partial charge in [-0.25, -0.2) is 0 Å². The number of hydrogen-bond acceptors (Lipinski definition) is 5. The third-order valence-electron chi connectivity index (χ3n) is 5.63. The van der Waals surface area contributed by atoms with Gasteiger partial charge < -0.3 is 19.6 Å². The van der Waals surface area contributed by atoms with Crippen molar-refractivity contribution in [3.05, 3.63) is 71.3 Å². The molecule has 1 heterocycles. The molecule has 6 heteroatoms. The van der Waals surface area contributed by atoms with Crippen LogP contribution in [0.25, 0.3) is 5.76 Å². The minimum Gasteiger partial charge on any atom is -0.507 e. The molecule has 0 radical (unpaired) electrons. The van der Waals surface area contributed by atoms with Gasteiger partial charge in [0.1, 0.15) is 11.5 Å². The number of hydrogen-bond donors (Lipinski definition) is 1. The summed E-state index contributed by atoms with van der Waals surface area (Å²) in [6.45, 7) is 9.29. The second-order valence-corrected chi connectivity index (χ2v) is 7.39. The van der Waals surface area contributed by atoms with Crippen LogP contribution in [0.3, 0.4) is 0 Å². The second-order valence-electron chi connectivity index (χ2n) is 7.39. The number of likely N-dealkylation sites (tertiary alicyclic amines) is 1. The molecule has 3 rings (SSSR count). The molecule has 0 spiro atoms. The summed E-state index contributed by atoms with van der Waals surface area (Å²) >= 11 is 0. The van der Waals surface area contributed by atoms with Gasteiger partial charge >= 0.3 is 0 Å². The fourth-order valence-electron chi connectivity index (χ4n) is 3.94. The smallest absolute Gasteiger partial charge is 0.295 e. The Morgan fingerprint density at radius 3 is 2.39 bits per heavy atom. The van der Waals surface area contributed by atoms with Crippen molar-refractivity contribution in [1.29, 1.82) is 0 Å². The van der Waals surface area contributed by atoms with Crippen molar-refractivity contribution in [3.8, 4) is 5.75 Å². The van der Waals surface area contributed by atoms with Gasteiger partial charge in [-0.15, -0.1) is 0 Å². The molecule has 1 saturated heterocycles. The largest absolute Gasteiger partial charge is 0.507 e. The first-order valence-electron chi connectivity index (χ1n) is 10.8. The molecule has 2 aromatic carbocycles. The molecule has 0 aromatic heterocycles. The number of carbonyl (C=O) groups is 2. The Labute approximate surface area is 183 Å². The minimum absolute atomic E-state index is 0.115. The van der Waals surface area contributed by atoms with Gasteiger partial charge in [0, 0.05) is 18.7 Å². The first-order chi connectivity index (χ1) is 15.0. The van der Waals surface area contributed by atoms with Crippen molar-refractivity contribution in [1.82, 2.24) is 9.80 Å². The highest BCUT2D eigenvalue weighted by molar-refractivity contribution is 6.46. The highest BCUT2D eigenvalue weighted by Crippen LogP contribution is 2.39. The summed E-state index contributed by atoms with van der Waals surface area (Å²) in [5.41, 5.74) is 1.36. The van der Waals surface area contributed by atoms with E-state index in [9.17, 15) is 14.7 Å². The molecule has 164 valence electrons. The average Bonchev–Trinajstić information content (AvgIpc) is 3.05. The summed E-state index contributed by atoms with van der Waals surface area (Å²) in [5.74, 6) is -0.825. The van der Waals surface area contributed by atoms with Crippen LogP contribution in [0.4, 0.5) is 0 Å². The Morgan fingerprint density at radius 2 is 1.74 bits per heavy atom. The standard InChI is InChI=1S/C25H30N2O4/c1-4-26(5-2)15-16-27-22(18-11-8-7-9-12-18)21(24(29)25(27)30)23(28)19-13-10-14-20(17-19)31-6-3/h7-14,17,22,28H,4-6,15-16H2,1-3H3/b23-21+. The van der Waals surface area contributed by atoms with Crippen molar-refractivity contribution in [2.45, 2.75) is 26.8 Å². The van der Waals surface area contributed by atoms with Gasteiger partial charge in [0.2, 0.25) is 0 Å². The molecular formula is C25H30N2O4. The van der Waals surface area contributed by atoms with Crippen LogP contribution >= 0.6 is 0 Å². The average molecular weight is 423 g/mol. The van der Waals surface area contributed by atoms with Crippen LogP contribution in [0.5, 0.6) is 5.75 Å². The lowest BCUT2D eigenvalue weighted by Crippen LogP contribution is -2.38. The maximum absolute atomic E-state index is 13.1. The lowest BCUT2D eigenvalue weighted by Gasteiger charge is -2.28. The Kier molecular flexibility index (Phi) is 7.47. The predicted molar refractivity (Wildman–Crippen MR) is 121 cm³/mol. The zero-order valence-corrected chi connectivity index (χ0v) is 18.4. The van der Waals surface area contributed by atoms with Crippen molar-refractivity contribution in [2.75, 3.05) is 32.8 Å². The molecule has 6 nitrogen and oxygen atoms in total. The highest BCUT2D eigenvalue weighted by atomic mass is 16.5. The van der Waals surface area contributed by atoms with Gasteiger partial charge in [0.05, 0.1) is 18.2 Å². The number of benzene rings is 2. The number of carbonyl (C=O) groups excluding carboxylic acids is 2. The molecule has 2 aromatic rings. The predicted octanol–water partition coefficient (Wildman–Crippen LogP) is 3.85. The fourth-order valence-corrected chi connectivity index (χ4v) is 3.94. The molecule has 31 heavy (non-hydrogen) atoms. The number of amides is 1. The molecule has 0 bridgehead atoms. The lowest BCUT2D eigenvalue weighted by molar-refractivity contribution is -0.140. The molecule has 0 saturated carbocycles. The fraction of sp³-hybridized carbons (Fsp3) is 0.360. The van der Waals surface area contributed by atoms with Gasteiger partial charge in [-0.2, -0.15) is 0 Å². The van der Waals surface area contributed by atoms with Crippen molar-refractivity contribution in [3.63, 3.8) is 0 Å². The van der Waals surface area contributed by atoms with Crippen molar-refractivity contribution < 1.29 is 19.4 Å². The Hall–Kier alpha value is -3.12. The maximum atomic E-state index is 13.1. The van der Waals surface area contributed by atoms with E-state index in [0.717, 1.165) is 18.7 Å². The number of Topliss-reactive ketones (excluding diaryl/α,β-unsaturated/α-hetero) is 1. The van der Waals surface area contributed by atoms with E-state index < -0.39 is 17.7 Å². The van der Waals surface area contributed by atoms with Crippen molar-refractivity contribution in [2.24, 2.45) is 0 Å². The molecular weight excluding hydrogens is 392 g/mol. The highest BCUT2D eigenvalue weighted by Gasteiger charge is 2.45. The van der Waals surface area contributed by atoms with Crippen LogP contribution in [0.1, 0.15) is 37.9 Å². The molecule has 1 unspecified atom stereocenters. The number of rotatable bonds is 9. The van der Waals surface area contributed by atoms with Crippen LogP contribution in [0, 0.1) is 0 Å². The van der Waals surface area contributed by atoms with Gasteiger partial charge in [0.25, 0.3) is 11.7 Å². The Bertz CT molecular complexity index is 951. The van der Waals surface area contributed by atoms with Gasteiger partial charge in [0.15, 0.2) is 0 Å². The Balaban J connectivity index is 2.06. The van der Waals surface area contributed by atoms with Crippen molar-refractivity contribution >= 4 is 17.4 Å². The third-order valence-corrected chi connectivity index (χ3v) is 5.63. The van der Waals surface area contributed by atoms with Crippen LogP contribution in [0.15, 0.2) is 60.2 Å². The molecule has 0 aliphatic carbocycles. The summed E-state index contributed by atoms with van der Waals surface area (Å²) in [6, 6.07) is 15.7. The van der Waals surface area contributed by atoms with E-state index in [1.54, 1.807) is 29.2 Å². The zero-order valence-electron chi connectivity index (χ0n) is 18.4. The van der Waals surface area contributed by atoms with Crippen LogP contribution in [-0.4, -0.2) is 59.4 Å². The van der Waals surface area contributed by atoms with E-state index in [1.165, 1.54) is 0 Å². The monoisotopic (exact) mass is 422 g/mol. The number of aliphatic hydroxyl groups is 1. The number of ketones is 1. The Morgan fingerprint density at radius 1 is 1.03 bits per heavy atom. The minimum atomic E-state index is -0.660. The molecule has 1 amide bonds. The van der Waals surface area contributed by atoms with Gasteiger partial charge in [-0.3, -0.25) is 9.59 Å². The first kappa shape index (κ1) is 22.6. The van der Waals surface area contributed by atoms with E-state index >= 15 is 0 Å². The normalized spacial score (nSPS) is 18.1. The number of aliphatic hydroxyl groups excluding tert-OH is 1. The van der Waals surface area contributed by atoms with E-state index in [-0.39, 0.29) is 11.3 Å². The van der Waals surface area contributed by atoms with E-state index in [0.29, 0.717) is 31.0 Å². The summed E-state index contributed by atoms with van der Waals surface area (Å²) in [7, 11) is 0. The molecule has 1 atom stereocenters. The number of nitrogens with zero attached hydrogens (tertiary/aromatic N) is 2. The molecule has 1 N–H and O–H groups in total. The summed E-state index contributed by atoms with van der Waals surface area (Å²) < 4.78 is 5.53. The maximum Gasteiger partial charge on any atom is 0.295 e. The van der Waals surface area contributed by atoms with Crippen LogP contribution < -0.4 is 4.74 Å². The van der Waals surface area contributed by atoms with Gasteiger partial charge in [-0.1, -0.05) is 56.3 Å². The van der Waals surface area contributed by atoms with Gasteiger partial charge in [-0.05, 0) is 37.7 Å². The third kappa shape index (κ3) is 4.80. The lowest BCUT2D eigenvalue weighted by atomic mass is 9.95. The quantitative estimate of drug-likeness (QED) is 0.378. The second kappa shape index (κ2) is 10.3. The summed E-state index contributed by atoms with van der Waals surface area (Å²) in [4.78, 5) is 29.8.